The Morgan fingerprint density at radius 3 is 1.84 bits per heavy atom. The van der Waals surface area contributed by atoms with Crippen molar-refractivity contribution < 1.29 is 0 Å². The van der Waals surface area contributed by atoms with Crippen LogP contribution in [-0.2, 0) is 0 Å². The second-order valence-corrected chi connectivity index (χ2v) is 15.6. The molecule has 0 radical (unpaired) electrons. The van der Waals surface area contributed by atoms with Crippen LogP contribution in [0.25, 0.3) is 111 Å². The molecule has 292 valence electrons. The molecule has 0 bridgehead atoms. The Bertz CT molecular complexity index is 3590. The van der Waals surface area contributed by atoms with Gasteiger partial charge in [0.2, 0.25) is 0 Å². The summed E-state index contributed by atoms with van der Waals surface area (Å²) in [6, 6.07) is 66.9. The highest BCUT2D eigenvalue weighted by atomic mass is 15.0. The monoisotopic (exact) mass is 792 g/mol. The Labute approximate surface area is 360 Å². The van der Waals surface area contributed by atoms with Gasteiger partial charge in [0.25, 0.3) is 0 Å². The molecule has 0 saturated carbocycles. The Morgan fingerprint density at radius 2 is 1.08 bits per heavy atom. The van der Waals surface area contributed by atoms with Gasteiger partial charge in [-0.05, 0) is 80.9 Å². The summed E-state index contributed by atoms with van der Waals surface area (Å²) in [7, 11) is 0. The molecule has 0 spiro atoms. The molecule has 4 heteroatoms. The largest absolute Gasteiger partial charge is 0.308 e. The van der Waals surface area contributed by atoms with E-state index in [1.54, 1.807) is 0 Å². The Morgan fingerprint density at radius 1 is 0.452 bits per heavy atom. The van der Waals surface area contributed by atoms with Crippen LogP contribution in [0.2, 0.25) is 0 Å². The first-order valence-electron chi connectivity index (χ1n) is 21.0. The van der Waals surface area contributed by atoms with Gasteiger partial charge in [-0.25, -0.2) is 15.0 Å². The number of aromatic nitrogens is 4. The van der Waals surface area contributed by atoms with Gasteiger partial charge in [-0.2, -0.15) is 0 Å². The zero-order valence-corrected chi connectivity index (χ0v) is 34.2. The highest BCUT2D eigenvalue weighted by molar-refractivity contribution is 6.16. The number of allylic oxidation sites excluding steroid dienone is 5. The van der Waals surface area contributed by atoms with E-state index in [9.17, 15) is 0 Å². The quantitative estimate of drug-likeness (QED) is 0.144. The van der Waals surface area contributed by atoms with E-state index in [2.05, 4.69) is 206 Å². The van der Waals surface area contributed by atoms with E-state index in [0.717, 1.165) is 77.2 Å². The topological polar surface area (TPSA) is 43.6 Å². The third kappa shape index (κ3) is 6.29. The lowest BCUT2D eigenvalue weighted by atomic mass is 9.91. The maximum Gasteiger partial charge on any atom is 0.164 e. The average molecular weight is 793 g/mol. The van der Waals surface area contributed by atoms with Crippen molar-refractivity contribution in [3.63, 3.8) is 0 Å². The third-order valence-corrected chi connectivity index (χ3v) is 11.9. The first-order valence-corrected chi connectivity index (χ1v) is 21.0. The summed E-state index contributed by atoms with van der Waals surface area (Å²) in [6.07, 6.45) is 8.15. The van der Waals surface area contributed by atoms with E-state index in [1.165, 1.54) is 21.5 Å². The molecule has 62 heavy (non-hydrogen) atoms. The molecule has 4 nitrogen and oxygen atoms in total. The summed E-state index contributed by atoms with van der Waals surface area (Å²) in [5.74, 6) is 1.85. The van der Waals surface area contributed by atoms with E-state index in [0.29, 0.717) is 17.5 Å². The number of benzene rings is 9. The Hall–Kier alpha value is -8.21. The van der Waals surface area contributed by atoms with E-state index in [-0.39, 0.29) is 0 Å². The Kier molecular flexibility index (Phi) is 9.17. The van der Waals surface area contributed by atoms with Crippen molar-refractivity contribution in [3.8, 4) is 51.0 Å². The molecular weight excluding hydrogens is 753 g/mol. The number of para-hydroxylation sites is 1. The molecule has 0 atom stereocenters. The molecule has 0 fully saturated rings. The number of fused-ring (bicyclic) bond motifs is 6. The van der Waals surface area contributed by atoms with Crippen LogP contribution in [0.1, 0.15) is 12.5 Å². The summed E-state index contributed by atoms with van der Waals surface area (Å²) >= 11 is 0. The average Bonchev–Trinajstić information content (AvgIpc) is 3.65. The Balaban J connectivity index is 1.31. The molecule has 11 aromatic rings. The molecule has 0 amide bonds. The summed E-state index contributed by atoms with van der Waals surface area (Å²) < 4.78 is 2.48. The second kappa shape index (κ2) is 15.4. The maximum atomic E-state index is 5.41. The van der Waals surface area contributed by atoms with Crippen molar-refractivity contribution in [2.75, 3.05) is 0 Å². The lowest BCUT2D eigenvalue weighted by Gasteiger charge is -2.21. The molecule has 0 aliphatic carbocycles. The standard InChI is InChI=1S/C58H40N4/c1-3-18-38(19-4-2)44-32-33-46-51(35-44)55(62-53-31-16-15-29-47(53)50-34-42-25-11-12-26-43(42)36-54(50)62)49(40-20-7-5-8-21-40)37-52(46)58-60-56(41-23-9-6-10-24-41)59-57(61-58)48-30-17-27-39-22-13-14-28-45(39)48/h3-37H,1H2,2H3/b19-4-,38-18+. The van der Waals surface area contributed by atoms with Gasteiger partial charge >= 0.3 is 0 Å². The number of hydrogen-bond acceptors (Lipinski definition) is 3. The van der Waals surface area contributed by atoms with Crippen LogP contribution in [0.5, 0.6) is 0 Å². The van der Waals surface area contributed by atoms with Crippen LogP contribution in [0, 0.1) is 0 Å². The van der Waals surface area contributed by atoms with Crippen molar-refractivity contribution in [1.29, 1.82) is 0 Å². The number of rotatable bonds is 8. The number of nitrogens with zero attached hydrogens (tertiary/aromatic N) is 4. The molecule has 9 aromatic carbocycles. The fraction of sp³-hybridized carbons (Fsp3) is 0.0172. The molecule has 0 saturated heterocycles. The highest BCUT2D eigenvalue weighted by Crippen LogP contribution is 2.45. The maximum absolute atomic E-state index is 5.41. The van der Waals surface area contributed by atoms with Crippen LogP contribution < -0.4 is 0 Å². The van der Waals surface area contributed by atoms with Crippen LogP contribution in [0.3, 0.4) is 0 Å². The van der Waals surface area contributed by atoms with Crippen LogP contribution in [0.15, 0.2) is 219 Å². The van der Waals surface area contributed by atoms with Gasteiger partial charge in [0.05, 0.1) is 16.7 Å². The van der Waals surface area contributed by atoms with Gasteiger partial charge in [-0.1, -0.05) is 189 Å². The third-order valence-electron chi connectivity index (χ3n) is 11.9. The minimum absolute atomic E-state index is 0.604. The van der Waals surface area contributed by atoms with E-state index in [4.69, 9.17) is 15.0 Å². The highest BCUT2D eigenvalue weighted by Gasteiger charge is 2.24. The minimum Gasteiger partial charge on any atom is -0.308 e. The zero-order valence-electron chi connectivity index (χ0n) is 34.2. The lowest BCUT2D eigenvalue weighted by molar-refractivity contribution is 1.08. The summed E-state index contributed by atoms with van der Waals surface area (Å²) in [4.78, 5) is 15.9. The molecular formula is C58H40N4. The summed E-state index contributed by atoms with van der Waals surface area (Å²) in [5.41, 5.74) is 10.5. The van der Waals surface area contributed by atoms with Gasteiger partial charge < -0.3 is 4.57 Å². The first kappa shape index (κ1) is 36.8. The molecule has 2 heterocycles. The molecule has 0 aliphatic heterocycles. The van der Waals surface area contributed by atoms with Gasteiger partial charge in [-0.3, -0.25) is 0 Å². The normalized spacial score (nSPS) is 12.0. The smallest absolute Gasteiger partial charge is 0.164 e. The fourth-order valence-electron chi connectivity index (χ4n) is 9.06. The minimum atomic E-state index is 0.604. The van der Waals surface area contributed by atoms with Gasteiger partial charge in [0, 0.05) is 38.4 Å². The van der Waals surface area contributed by atoms with Crippen LogP contribution in [0.4, 0.5) is 0 Å². The fourth-order valence-corrected chi connectivity index (χ4v) is 9.06. The van der Waals surface area contributed by atoms with Crippen molar-refractivity contribution in [2.24, 2.45) is 0 Å². The first-order chi connectivity index (χ1) is 30.7. The molecule has 2 aromatic heterocycles. The molecule has 0 N–H and O–H groups in total. The predicted molar refractivity (Wildman–Crippen MR) is 261 cm³/mol. The molecule has 11 rings (SSSR count). The van der Waals surface area contributed by atoms with Crippen LogP contribution >= 0.6 is 0 Å². The van der Waals surface area contributed by atoms with E-state index in [1.807, 2.05) is 24.3 Å². The second-order valence-electron chi connectivity index (χ2n) is 15.6. The van der Waals surface area contributed by atoms with Gasteiger partial charge in [0.15, 0.2) is 17.5 Å². The van der Waals surface area contributed by atoms with Crippen LogP contribution in [-0.4, -0.2) is 19.5 Å². The van der Waals surface area contributed by atoms with Gasteiger partial charge in [-0.15, -0.1) is 0 Å². The summed E-state index contributed by atoms with van der Waals surface area (Å²) in [5, 5.41) is 9.13. The van der Waals surface area contributed by atoms with Crippen molar-refractivity contribution >= 4 is 59.7 Å². The molecule has 0 aliphatic rings. The molecule has 0 unspecified atom stereocenters. The SMILES string of the molecule is C=C/C=C(\C=C/C)c1ccc2c(-c3nc(-c4ccccc4)nc(-c4cccc5ccccc45)n3)cc(-c3ccccc3)c(-n3c4ccccc4c4cc5ccccc5cc43)c2c1. The van der Waals surface area contributed by atoms with Crippen molar-refractivity contribution in [3.05, 3.63) is 225 Å². The lowest BCUT2D eigenvalue weighted by Crippen LogP contribution is -2.04. The van der Waals surface area contributed by atoms with Gasteiger partial charge in [0.1, 0.15) is 0 Å². The number of hydrogen-bond donors (Lipinski definition) is 0. The summed E-state index contributed by atoms with van der Waals surface area (Å²) in [6.45, 7) is 6.13. The van der Waals surface area contributed by atoms with Crippen molar-refractivity contribution in [1.82, 2.24) is 19.5 Å². The van der Waals surface area contributed by atoms with E-state index >= 15 is 0 Å². The predicted octanol–water partition coefficient (Wildman–Crippen LogP) is 15.2. The van der Waals surface area contributed by atoms with E-state index < -0.39 is 0 Å². The van der Waals surface area contributed by atoms with Crippen molar-refractivity contribution in [2.45, 2.75) is 6.92 Å². The zero-order chi connectivity index (χ0) is 41.6.